The van der Waals surface area contributed by atoms with Crippen LogP contribution in [0.5, 0.6) is 0 Å². The second kappa shape index (κ2) is 5.60. The maximum atomic E-state index is 12.9. The van der Waals surface area contributed by atoms with E-state index < -0.39 is 0 Å². The topological polar surface area (TPSA) is 65.2 Å². The minimum absolute atomic E-state index is 0.0616. The van der Waals surface area contributed by atoms with E-state index in [1.165, 1.54) is 0 Å². The van der Waals surface area contributed by atoms with Crippen molar-refractivity contribution in [1.82, 2.24) is 15.2 Å². The van der Waals surface area contributed by atoms with Crippen LogP contribution in [0.15, 0.2) is 30.5 Å². The van der Waals surface area contributed by atoms with E-state index in [2.05, 4.69) is 10.3 Å². The number of rotatable bonds is 2. The molecule has 1 saturated heterocycles. The number of carbonyl (C=O) groups excluding carboxylic acids is 2. The Kier molecular flexibility index (Phi) is 3.64. The average Bonchev–Trinajstić information content (AvgIpc) is 3.02. The van der Waals surface area contributed by atoms with Crippen LogP contribution in [-0.4, -0.2) is 41.3 Å². The van der Waals surface area contributed by atoms with Gasteiger partial charge in [-0.3, -0.25) is 9.59 Å². The minimum Gasteiger partial charge on any atom is -0.361 e. The second-order valence-corrected chi connectivity index (χ2v) is 5.37. The summed E-state index contributed by atoms with van der Waals surface area (Å²) in [5.74, 6) is -0.141. The molecule has 1 aliphatic heterocycles. The summed E-state index contributed by atoms with van der Waals surface area (Å²) in [4.78, 5) is 29.7. The fourth-order valence-corrected chi connectivity index (χ4v) is 3.04. The summed E-state index contributed by atoms with van der Waals surface area (Å²) in [6.45, 7) is 0.637. The number of piperidine rings is 1. The van der Waals surface area contributed by atoms with Gasteiger partial charge in [0.05, 0.1) is 0 Å². The Morgan fingerprint density at radius 1 is 1.29 bits per heavy atom. The lowest BCUT2D eigenvalue weighted by molar-refractivity contribution is -0.126. The summed E-state index contributed by atoms with van der Waals surface area (Å²) in [7, 11) is 1.62. The van der Waals surface area contributed by atoms with Gasteiger partial charge in [-0.2, -0.15) is 0 Å². The molecule has 1 aliphatic rings. The summed E-state index contributed by atoms with van der Waals surface area (Å²) in [6.07, 6.45) is 4.49. The molecule has 110 valence electrons. The van der Waals surface area contributed by atoms with Gasteiger partial charge in [0.25, 0.3) is 5.91 Å². The largest absolute Gasteiger partial charge is 0.361 e. The van der Waals surface area contributed by atoms with E-state index in [0.717, 1.165) is 30.2 Å². The van der Waals surface area contributed by atoms with E-state index in [-0.39, 0.29) is 17.9 Å². The van der Waals surface area contributed by atoms with E-state index >= 15 is 0 Å². The highest BCUT2D eigenvalue weighted by Gasteiger charge is 2.32. The van der Waals surface area contributed by atoms with Gasteiger partial charge in [-0.1, -0.05) is 6.07 Å². The summed E-state index contributed by atoms with van der Waals surface area (Å²) >= 11 is 0. The third-order valence-corrected chi connectivity index (χ3v) is 4.14. The van der Waals surface area contributed by atoms with Crippen molar-refractivity contribution in [3.63, 3.8) is 0 Å². The van der Waals surface area contributed by atoms with E-state index in [0.29, 0.717) is 12.1 Å². The van der Waals surface area contributed by atoms with Crippen LogP contribution >= 0.6 is 0 Å². The van der Waals surface area contributed by atoms with Gasteiger partial charge < -0.3 is 15.2 Å². The maximum Gasteiger partial charge on any atom is 0.255 e. The number of benzene rings is 1. The molecule has 1 aromatic carbocycles. The van der Waals surface area contributed by atoms with Gasteiger partial charge in [-0.05, 0) is 37.5 Å². The predicted molar refractivity (Wildman–Crippen MR) is 81.0 cm³/mol. The Labute approximate surface area is 123 Å². The number of nitrogens with zero attached hydrogens (tertiary/aromatic N) is 1. The van der Waals surface area contributed by atoms with Crippen LogP contribution in [-0.2, 0) is 4.79 Å². The fraction of sp³-hybridized carbons (Fsp3) is 0.375. The zero-order valence-electron chi connectivity index (χ0n) is 12.1. The number of carbonyl (C=O) groups is 2. The molecule has 21 heavy (non-hydrogen) atoms. The Balaban J connectivity index is 1.96. The number of aromatic amines is 1. The third kappa shape index (κ3) is 2.39. The van der Waals surface area contributed by atoms with Crippen LogP contribution in [0.25, 0.3) is 10.9 Å². The lowest BCUT2D eigenvalue weighted by atomic mass is 9.99. The van der Waals surface area contributed by atoms with Gasteiger partial charge >= 0.3 is 0 Å². The van der Waals surface area contributed by atoms with Crippen molar-refractivity contribution in [2.45, 2.75) is 25.3 Å². The molecule has 3 rings (SSSR count). The highest BCUT2D eigenvalue weighted by atomic mass is 16.2. The molecule has 2 heterocycles. The SMILES string of the molecule is CNC(=O)C1CCCCN1C(=O)c1cccc2[nH]ccc12. The molecule has 0 aliphatic carbocycles. The zero-order valence-corrected chi connectivity index (χ0v) is 12.1. The lowest BCUT2D eigenvalue weighted by Crippen LogP contribution is -2.51. The van der Waals surface area contributed by atoms with Crippen LogP contribution in [0.2, 0.25) is 0 Å². The van der Waals surface area contributed by atoms with Crippen LogP contribution in [0, 0.1) is 0 Å². The highest BCUT2D eigenvalue weighted by molar-refractivity contribution is 6.07. The first kappa shape index (κ1) is 13.7. The first-order valence-corrected chi connectivity index (χ1v) is 7.31. The average molecular weight is 285 g/mol. The zero-order chi connectivity index (χ0) is 14.8. The lowest BCUT2D eigenvalue weighted by Gasteiger charge is -2.34. The predicted octanol–water partition coefficient (Wildman–Crippen LogP) is 1.91. The van der Waals surface area contributed by atoms with Crippen LogP contribution < -0.4 is 5.32 Å². The molecular formula is C16H19N3O2. The molecule has 0 saturated carbocycles. The van der Waals surface area contributed by atoms with Gasteiger partial charge in [0.1, 0.15) is 6.04 Å². The number of hydrogen-bond acceptors (Lipinski definition) is 2. The van der Waals surface area contributed by atoms with Crippen LogP contribution in [0.3, 0.4) is 0 Å². The summed E-state index contributed by atoms with van der Waals surface area (Å²) in [6, 6.07) is 7.18. The molecule has 5 heteroatoms. The number of H-pyrrole nitrogens is 1. The highest BCUT2D eigenvalue weighted by Crippen LogP contribution is 2.24. The first-order valence-electron chi connectivity index (χ1n) is 7.31. The number of likely N-dealkylation sites (tertiary alicyclic amines) is 1. The van der Waals surface area contributed by atoms with Crippen LogP contribution in [0.1, 0.15) is 29.6 Å². The Morgan fingerprint density at radius 2 is 2.14 bits per heavy atom. The third-order valence-electron chi connectivity index (χ3n) is 4.14. The number of nitrogens with one attached hydrogen (secondary N) is 2. The quantitative estimate of drug-likeness (QED) is 0.885. The van der Waals surface area contributed by atoms with E-state index in [9.17, 15) is 9.59 Å². The number of aromatic nitrogens is 1. The van der Waals surface area contributed by atoms with Gasteiger partial charge in [0.15, 0.2) is 0 Å². The number of hydrogen-bond donors (Lipinski definition) is 2. The summed E-state index contributed by atoms with van der Waals surface area (Å²) in [5, 5.41) is 3.57. The molecule has 2 amide bonds. The Bertz CT molecular complexity index is 677. The molecule has 2 N–H and O–H groups in total. The van der Waals surface area contributed by atoms with Crippen molar-refractivity contribution in [3.8, 4) is 0 Å². The second-order valence-electron chi connectivity index (χ2n) is 5.37. The van der Waals surface area contributed by atoms with Gasteiger partial charge in [0, 0.05) is 36.3 Å². The summed E-state index contributed by atoms with van der Waals surface area (Å²) < 4.78 is 0. The van der Waals surface area contributed by atoms with Crippen molar-refractivity contribution in [2.24, 2.45) is 0 Å². The Hall–Kier alpha value is -2.30. The molecular weight excluding hydrogens is 266 g/mol. The minimum atomic E-state index is -0.356. The van der Waals surface area contributed by atoms with Crippen molar-refractivity contribution >= 4 is 22.7 Å². The van der Waals surface area contributed by atoms with Crippen LogP contribution in [0.4, 0.5) is 0 Å². The van der Waals surface area contributed by atoms with Crippen molar-refractivity contribution in [3.05, 3.63) is 36.0 Å². The molecule has 0 radical (unpaired) electrons. The molecule has 5 nitrogen and oxygen atoms in total. The monoisotopic (exact) mass is 285 g/mol. The fourth-order valence-electron chi connectivity index (χ4n) is 3.04. The molecule has 0 bridgehead atoms. The molecule has 2 aromatic rings. The van der Waals surface area contributed by atoms with Gasteiger partial charge in [-0.15, -0.1) is 0 Å². The normalized spacial score (nSPS) is 18.7. The van der Waals surface area contributed by atoms with Crippen molar-refractivity contribution < 1.29 is 9.59 Å². The molecule has 0 spiro atoms. The van der Waals surface area contributed by atoms with E-state index in [1.807, 2.05) is 30.5 Å². The molecule has 1 aromatic heterocycles. The van der Waals surface area contributed by atoms with Gasteiger partial charge in [0.2, 0.25) is 5.91 Å². The van der Waals surface area contributed by atoms with Crippen molar-refractivity contribution in [1.29, 1.82) is 0 Å². The standard InChI is InChI=1S/C16H19N3O2/c1-17-15(20)14-7-2-3-10-19(14)16(21)12-5-4-6-13-11(12)8-9-18-13/h4-6,8-9,14,18H,2-3,7,10H2,1H3,(H,17,20). The van der Waals surface area contributed by atoms with E-state index in [4.69, 9.17) is 0 Å². The number of amides is 2. The Morgan fingerprint density at radius 3 is 2.95 bits per heavy atom. The first-order chi connectivity index (χ1) is 10.2. The molecule has 1 unspecified atom stereocenters. The van der Waals surface area contributed by atoms with E-state index in [1.54, 1.807) is 11.9 Å². The molecule has 1 atom stereocenters. The summed E-state index contributed by atoms with van der Waals surface area (Å²) in [5.41, 5.74) is 1.60. The van der Waals surface area contributed by atoms with Crippen molar-refractivity contribution in [2.75, 3.05) is 13.6 Å². The smallest absolute Gasteiger partial charge is 0.255 e. The molecule has 1 fully saturated rings. The van der Waals surface area contributed by atoms with Gasteiger partial charge in [-0.25, -0.2) is 0 Å². The number of likely N-dealkylation sites (N-methyl/N-ethyl adjacent to an activating group) is 1. The maximum absolute atomic E-state index is 12.9. The number of fused-ring (bicyclic) bond motifs is 1.